The van der Waals surface area contributed by atoms with Crippen molar-refractivity contribution < 1.29 is 17.6 Å². The van der Waals surface area contributed by atoms with Crippen LogP contribution in [-0.4, -0.2) is 27.7 Å². The van der Waals surface area contributed by atoms with Gasteiger partial charge in [-0.25, -0.2) is 13.1 Å². The highest BCUT2D eigenvalue weighted by Gasteiger charge is 2.29. The lowest BCUT2D eigenvalue weighted by molar-refractivity contribution is 0.0884. The van der Waals surface area contributed by atoms with E-state index in [-0.39, 0.29) is 28.1 Å². The summed E-state index contributed by atoms with van der Waals surface area (Å²) in [4.78, 5) is 0.0879. The predicted octanol–water partition coefficient (Wildman–Crippen LogP) is 1.59. The van der Waals surface area contributed by atoms with Gasteiger partial charge in [0.1, 0.15) is 10.7 Å². The Bertz CT molecular complexity index is 558. The summed E-state index contributed by atoms with van der Waals surface area (Å²) in [6, 6.07) is 1.44. The SMILES string of the molecule is CCC1OCCC1CNS(=O)(=O)c1cc(CN)oc1Br. The van der Waals surface area contributed by atoms with Crippen LogP contribution >= 0.6 is 15.9 Å². The zero-order valence-corrected chi connectivity index (χ0v) is 13.7. The highest BCUT2D eigenvalue weighted by atomic mass is 79.9. The van der Waals surface area contributed by atoms with Gasteiger partial charge in [0.2, 0.25) is 10.0 Å². The number of nitrogens with two attached hydrogens (primary N) is 1. The number of furan rings is 1. The number of hydrogen-bond acceptors (Lipinski definition) is 5. The molecule has 0 spiro atoms. The first-order chi connectivity index (χ1) is 9.47. The van der Waals surface area contributed by atoms with Gasteiger partial charge in [-0.2, -0.15) is 0 Å². The molecule has 0 bridgehead atoms. The molecule has 0 amide bonds. The molecule has 0 aliphatic carbocycles. The van der Waals surface area contributed by atoms with Crippen LogP contribution in [0.4, 0.5) is 0 Å². The topological polar surface area (TPSA) is 94.6 Å². The summed E-state index contributed by atoms with van der Waals surface area (Å²) in [5.74, 6) is 0.641. The van der Waals surface area contributed by atoms with Gasteiger partial charge in [-0.3, -0.25) is 0 Å². The molecule has 3 N–H and O–H groups in total. The highest BCUT2D eigenvalue weighted by Crippen LogP contribution is 2.27. The van der Waals surface area contributed by atoms with Crippen molar-refractivity contribution in [3.05, 3.63) is 16.5 Å². The van der Waals surface area contributed by atoms with Crippen LogP contribution in [-0.2, 0) is 21.3 Å². The van der Waals surface area contributed by atoms with E-state index in [0.717, 1.165) is 12.8 Å². The second-order valence-electron chi connectivity index (χ2n) is 4.77. The second-order valence-corrected chi connectivity index (χ2v) is 7.23. The maximum absolute atomic E-state index is 12.3. The van der Waals surface area contributed by atoms with Crippen LogP contribution in [0.15, 0.2) is 20.0 Å². The van der Waals surface area contributed by atoms with E-state index in [9.17, 15) is 8.42 Å². The Hall–Kier alpha value is -0.410. The van der Waals surface area contributed by atoms with E-state index in [1.54, 1.807) is 0 Å². The van der Waals surface area contributed by atoms with Crippen LogP contribution < -0.4 is 10.5 Å². The molecule has 1 aliphatic rings. The lowest BCUT2D eigenvalue weighted by Crippen LogP contribution is -2.32. The van der Waals surface area contributed by atoms with Crippen molar-refractivity contribution in [3.8, 4) is 0 Å². The highest BCUT2D eigenvalue weighted by molar-refractivity contribution is 9.10. The first kappa shape index (κ1) is 16.0. The monoisotopic (exact) mass is 366 g/mol. The van der Waals surface area contributed by atoms with Gasteiger partial charge in [0.15, 0.2) is 4.67 Å². The molecule has 1 fully saturated rings. The van der Waals surface area contributed by atoms with Gasteiger partial charge < -0.3 is 14.9 Å². The van der Waals surface area contributed by atoms with Crippen LogP contribution in [0, 0.1) is 5.92 Å². The molecule has 0 radical (unpaired) electrons. The van der Waals surface area contributed by atoms with Gasteiger partial charge in [0.25, 0.3) is 0 Å². The van der Waals surface area contributed by atoms with Gasteiger partial charge in [0.05, 0.1) is 12.6 Å². The summed E-state index contributed by atoms with van der Waals surface area (Å²) in [7, 11) is -3.60. The van der Waals surface area contributed by atoms with Crippen molar-refractivity contribution in [2.45, 2.75) is 37.3 Å². The van der Waals surface area contributed by atoms with E-state index < -0.39 is 10.0 Å². The zero-order chi connectivity index (χ0) is 14.8. The summed E-state index contributed by atoms with van der Waals surface area (Å²) in [5, 5.41) is 0. The van der Waals surface area contributed by atoms with E-state index in [2.05, 4.69) is 20.7 Å². The molecule has 6 nitrogen and oxygen atoms in total. The van der Waals surface area contributed by atoms with E-state index in [0.29, 0.717) is 18.9 Å². The second kappa shape index (κ2) is 6.57. The minimum atomic E-state index is -3.60. The first-order valence-corrected chi connectivity index (χ1v) is 8.85. The molecule has 1 aliphatic heterocycles. The van der Waals surface area contributed by atoms with Crippen LogP contribution in [0.5, 0.6) is 0 Å². The molecular formula is C12H19BrN2O4S. The van der Waals surface area contributed by atoms with Crippen molar-refractivity contribution in [1.82, 2.24) is 4.72 Å². The molecule has 114 valence electrons. The van der Waals surface area contributed by atoms with Crippen LogP contribution in [0.3, 0.4) is 0 Å². The maximum Gasteiger partial charge on any atom is 0.244 e. The number of rotatable bonds is 6. The molecule has 8 heteroatoms. The Morgan fingerprint density at radius 1 is 1.55 bits per heavy atom. The molecule has 1 aromatic heterocycles. The maximum atomic E-state index is 12.3. The molecule has 2 atom stereocenters. The van der Waals surface area contributed by atoms with Crippen molar-refractivity contribution in [2.24, 2.45) is 11.7 Å². The van der Waals surface area contributed by atoms with E-state index in [1.165, 1.54) is 6.07 Å². The predicted molar refractivity (Wildman–Crippen MR) is 77.6 cm³/mol. The van der Waals surface area contributed by atoms with Gasteiger partial charge in [-0.05, 0) is 28.8 Å². The van der Waals surface area contributed by atoms with Gasteiger partial charge in [0, 0.05) is 25.1 Å². The third-order valence-electron chi connectivity index (χ3n) is 3.48. The summed E-state index contributed by atoms with van der Waals surface area (Å²) in [6.07, 6.45) is 1.89. The lowest BCUT2D eigenvalue weighted by atomic mass is 10.0. The first-order valence-electron chi connectivity index (χ1n) is 6.57. The van der Waals surface area contributed by atoms with Crippen LogP contribution in [0.25, 0.3) is 0 Å². The number of hydrogen-bond donors (Lipinski definition) is 2. The Morgan fingerprint density at radius 2 is 2.30 bits per heavy atom. The fourth-order valence-corrected chi connectivity index (χ4v) is 4.44. The Kier molecular flexibility index (Phi) is 5.25. The van der Waals surface area contributed by atoms with Crippen molar-refractivity contribution in [3.63, 3.8) is 0 Å². The number of ether oxygens (including phenoxy) is 1. The number of sulfonamides is 1. The molecule has 1 aromatic rings. The fourth-order valence-electron chi connectivity index (χ4n) is 2.35. The molecule has 0 aromatic carbocycles. The molecule has 2 rings (SSSR count). The molecular weight excluding hydrogens is 348 g/mol. The minimum absolute atomic E-state index is 0.0879. The molecule has 2 unspecified atom stereocenters. The average Bonchev–Trinajstić information content (AvgIpc) is 3.02. The Labute approximate surface area is 127 Å². The Morgan fingerprint density at radius 3 is 2.90 bits per heavy atom. The zero-order valence-electron chi connectivity index (χ0n) is 11.3. The summed E-state index contributed by atoms with van der Waals surface area (Å²) in [6.45, 7) is 3.26. The summed E-state index contributed by atoms with van der Waals surface area (Å²) >= 11 is 3.11. The van der Waals surface area contributed by atoms with Crippen LogP contribution in [0.1, 0.15) is 25.5 Å². The standard InChI is InChI=1S/C12H19BrN2O4S/c1-2-10-8(3-4-18-10)7-15-20(16,17)11-5-9(6-14)19-12(11)13/h5,8,10,15H,2-4,6-7,14H2,1H3. The summed E-state index contributed by atoms with van der Waals surface area (Å²) in [5.41, 5.74) is 5.44. The molecule has 2 heterocycles. The summed E-state index contributed by atoms with van der Waals surface area (Å²) < 4.78 is 38.1. The van der Waals surface area contributed by atoms with Gasteiger partial charge in [-0.15, -0.1) is 0 Å². The minimum Gasteiger partial charge on any atom is -0.452 e. The van der Waals surface area contributed by atoms with E-state index in [4.69, 9.17) is 14.9 Å². The Balaban J connectivity index is 2.05. The number of nitrogens with one attached hydrogen (secondary N) is 1. The van der Waals surface area contributed by atoms with E-state index >= 15 is 0 Å². The largest absolute Gasteiger partial charge is 0.452 e. The van der Waals surface area contributed by atoms with Gasteiger partial charge >= 0.3 is 0 Å². The molecule has 0 saturated carbocycles. The average molecular weight is 367 g/mol. The number of halogens is 1. The third-order valence-corrected chi connectivity index (χ3v) is 5.76. The normalized spacial score (nSPS) is 23.4. The lowest BCUT2D eigenvalue weighted by Gasteiger charge is -2.16. The van der Waals surface area contributed by atoms with Gasteiger partial charge in [-0.1, -0.05) is 6.92 Å². The fraction of sp³-hybridized carbons (Fsp3) is 0.667. The third kappa shape index (κ3) is 3.43. The van der Waals surface area contributed by atoms with Crippen molar-refractivity contribution in [2.75, 3.05) is 13.2 Å². The quantitative estimate of drug-likeness (QED) is 0.796. The molecule has 1 saturated heterocycles. The van der Waals surface area contributed by atoms with E-state index in [1.807, 2.05) is 6.92 Å². The van der Waals surface area contributed by atoms with Crippen molar-refractivity contribution in [1.29, 1.82) is 0 Å². The van der Waals surface area contributed by atoms with Crippen LogP contribution in [0.2, 0.25) is 0 Å². The van der Waals surface area contributed by atoms with Crippen molar-refractivity contribution >= 4 is 26.0 Å². The molecule has 20 heavy (non-hydrogen) atoms. The smallest absolute Gasteiger partial charge is 0.244 e.